The van der Waals surface area contributed by atoms with Crippen LogP contribution in [0.1, 0.15) is 32.0 Å². The van der Waals surface area contributed by atoms with Gasteiger partial charge in [-0.2, -0.15) is 0 Å². The van der Waals surface area contributed by atoms with Crippen molar-refractivity contribution in [3.63, 3.8) is 0 Å². The number of aryl methyl sites for hydroxylation is 1. The topological polar surface area (TPSA) is 44.6 Å². The monoisotopic (exact) mass is 319 g/mol. The predicted molar refractivity (Wildman–Crippen MR) is 90.0 cm³/mol. The average Bonchev–Trinajstić information content (AvgIpc) is 3.32. The number of carbonyl (C=O) groups excluding carboxylic acids is 1. The van der Waals surface area contributed by atoms with Crippen LogP contribution in [-0.2, 0) is 17.9 Å². The Morgan fingerprint density at radius 2 is 2.13 bits per heavy atom. The molecule has 1 amide bonds. The molecule has 0 spiro atoms. The van der Waals surface area contributed by atoms with Gasteiger partial charge in [-0.25, -0.2) is 4.98 Å². The van der Waals surface area contributed by atoms with Gasteiger partial charge in [0.15, 0.2) is 0 Å². The van der Waals surface area contributed by atoms with Gasteiger partial charge in [-0.05, 0) is 33.2 Å². The summed E-state index contributed by atoms with van der Waals surface area (Å²) in [5.74, 6) is 1.41. The summed E-state index contributed by atoms with van der Waals surface area (Å²) in [6, 6.07) is 0.648. The Hall–Kier alpha value is -1.40. The van der Waals surface area contributed by atoms with E-state index in [2.05, 4.69) is 33.3 Å². The summed E-state index contributed by atoms with van der Waals surface area (Å²) >= 11 is 0. The molecule has 0 atom stereocenters. The highest BCUT2D eigenvalue weighted by Crippen LogP contribution is 2.25. The normalized spacial score (nSPS) is 20.0. The van der Waals surface area contributed by atoms with Crippen LogP contribution in [0.4, 0.5) is 0 Å². The molecule has 0 aromatic carbocycles. The molecule has 6 nitrogen and oxygen atoms in total. The number of hydrogen-bond donors (Lipinski definition) is 0. The fourth-order valence-electron chi connectivity index (χ4n) is 3.32. The van der Waals surface area contributed by atoms with Crippen LogP contribution in [0.15, 0.2) is 12.4 Å². The minimum absolute atomic E-state index is 0.288. The summed E-state index contributed by atoms with van der Waals surface area (Å²) in [5.41, 5.74) is 0. The van der Waals surface area contributed by atoms with Crippen LogP contribution in [-0.4, -0.2) is 76.0 Å². The molecule has 3 rings (SSSR count). The second kappa shape index (κ2) is 7.45. The van der Waals surface area contributed by atoms with E-state index in [0.29, 0.717) is 12.6 Å². The smallest absolute Gasteiger partial charge is 0.236 e. The number of rotatable bonds is 6. The summed E-state index contributed by atoms with van der Waals surface area (Å²) in [7, 11) is 2.07. The van der Waals surface area contributed by atoms with Gasteiger partial charge >= 0.3 is 0 Å². The number of carbonyl (C=O) groups is 1. The molecule has 0 bridgehead atoms. The molecule has 1 aromatic rings. The standard InChI is InChI=1S/C17H29N5O/c1-3-21-10-7-18-16(21)13-20-8-4-9-22(12-11-20)17(23)14-19(2)15-5-6-15/h7,10,15H,3-6,8-9,11-14H2,1-2H3. The summed E-state index contributed by atoms with van der Waals surface area (Å²) in [5, 5.41) is 0. The third kappa shape index (κ3) is 4.32. The first kappa shape index (κ1) is 16.5. The van der Waals surface area contributed by atoms with Gasteiger partial charge in [0.05, 0.1) is 13.1 Å². The molecule has 1 saturated heterocycles. The lowest BCUT2D eigenvalue weighted by molar-refractivity contribution is -0.132. The second-order valence-corrected chi connectivity index (χ2v) is 6.79. The van der Waals surface area contributed by atoms with Crippen LogP contribution in [0, 0.1) is 0 Å². The van der Waals surface area contributed by atoms with E-state index in [0.717, 1.165) is 51.5 Å². The maximum absolute atomic E-state index is 12.5. The van der Waals surface area contributed by atoms with Gasteiger partial charge in [-0.3, -0.25) is 14.6 Å². The zero-order valence-corrected chi connectivity index (χ0v) is 14.4. The largest absolute Gasteiger partial charge is 0.340 e. The summed E-state index contributed by atoms with van der Waals surface area (Å²) in [6.45, 7) is 8.26. The van der Waals surface area contributed by atoms with Crippen molar-refractivity contribution in [2.45, 2.75) is 45.3 Å². The van der Waals surface area contributed by atoms with E-state index in [1.165, 1.54) is 12.8 Å². The van der Waals surface area contributed by atoms with Gasteiger partial charge in [0.1, 0.15) is 5.82 Å². The maximum Gasteiger partial charge on any atom is 0.236 e. The Kier molecular flexibility index (Phi) is 5.33. The molecule has 23 heavy (non-hydrogen) atoms. The predicted octanol–water partition coefficient (Wildman–Crippen LogP) is 1.03. The van der Waals surface area contributed by atoms with Crippen molar-refractivity contribution in [3.05, 3.63) is 18.2 Å². The molecular weight excluding hydrogens is 290 g/mol. The lowest BCUT2D eigenvalue weighted by Crippen LogP contribution is -2.41. The van der Waals surface area contributed by atoms with Crippen molar-refractivity contribution in [2.24, 2.45) is 0 Å². The third-order valence-electron chi connectivity index (χ3n) is 5.00. The number of amides is 1. The number of likely N-dealkylation sites (N-methyl/N-ethyl adjacent to an activating group) is 1. The van der Waals surface area contributed by atoms with Crippen LogP contribution in [0.3, 0.4) is 0 Å². The summed E-state index contributed by atoms with van der Waals surface area (Å²) in [4.78, 5) is 23.6. The number of imidazole rings is 1. The van der Waals surface area contributed by atoms with Gasteiger partial charge in [0.2, 0.25) is 5.91 Å². The van der Waals surface area contributed by atoms with E-state index < -0.39 is 0 Å². The molecule has 0 radical (unpaired) electrons. The molecule has 1 aliphatic carbocycles. The maximum atomic E-state index is 12.5. The van der Waals surface area contributed by atoms with Crippen LogP contribution < -0.4 is 0 Å². The van der Waals surface area contributed by atoms with Crippen molar-refractivity contribution in [3.8, 4) is 0 Å². The molecule has 1 saturated carbocycles. The zero-order valence-electron chi connectivity index (χ0n) is 14.4. The molecule has 1 aliphatic heterocycles. The fourth-order valence-corrected chi connectivity index (χ4v) is 3.32. The van der Waals surface area contributed by atoms with E-state index in [-0.39, 0.29) is 5.91 Å². The first-order chi connectivity index (χ1) is 11.2. The Balaban J connectivity index is 1.49. The number of hydrogen-bond acceptors (Lipinski definition) is 4. The van der Waals surface area contributed by atoms with Crippen LogP contribution in [0.5, 0.6) is 0 Å². The van der Waals surface area contributed by atoms with Crippen molar-refractivity contribution in [1.82, 2.24) is 24.3 Å². The Morgan fingerprint density at radius 3 is 2.87 bits per heavy atom. The summed E-state index contributed by atoms with van der Waals surface area (Å²) in [6.07, 6.45) is 7.46. The molecule has 6 heteroatoms. The highest BCUT2D eigenvalue weighted by atomic mass is 16.2. The van der Waals surface area contributed by atoms with Gasteiger partial charge in [0.25, 0.3) is 0 Å². The van der Waals surface area contributed by atoms with Crippen LogP contribution in [0.2, 0.25) is 0 Å². The first-order valence-corrected chi connectivity index (χ1v) is 8.87. The minimum Gasteiger partial charge on any atom is -0.340 e. The van der Waals surface area contributed by atoms with Crippen molar-refractivity contribution in [1.29, 1.82) is 0 Å². The molecular formula is C17H29N5O. The SMILES string of the molecule is CCn1ccnc1CN1CCCN(C(=O)CN(C)C2CC2)CC1. The minimum atomic E-state index is 0.288. The molecule has 0 unspecified atom stereocenters. The van der Waals surface area contributed by atoms with Crippen molar-refractivity contribution in [2.75, 3.05) is 39.8 Å². The Bertz CT molecular complexity index is 525. The lowest BCUT2D eigenvalue weighted by atomic mass is 10.3. The van der Waals surface area contributed by atoms with E-state index in [1.54, 1.807) is 0 Å². The average molecular weight is 319 g/mol. The Labute approximate surface area is 139 Å². The molecule has 2 heterocycles. The van der Waals surface area contributed by atoms with E-state index in [1.807, 2.05) is 17.3 Å². The third-order valence-corrected chi connectivity index (χ3v) is 5.00. The number of aromatic nitrogens is 2. The first-order valence-electron chi connectivity index (χ1n) is 8.87. The Morgan fingerprint density at radius 1 is 1.30 bits per heavy atom. The summed E-state index contributed by atoms with van der Waals surface area (Å²) < 4.78 is 2.19. The molecule has 2 aliphatic rings. The van der Waals surface area contributed by atoms with Crippen molar-refractivity contribution >= 4 is 5.91 Å². The van der Waals surface area contributed by atoms with E-state index in [4.69, 9.17) is 0 Å². The zero-order chi connectivity index (χ0) is 16.2. The van der Waals surface area contributed by atoms with E-state index in [9.17, 15) is 4.79 Å². The quantitative estimate of drug-likeness (QED) is 0.786. The molecule has 0 N–H and O–H groups in total. The van der Waals surface area contributed by atoms with Gasteiger partial charge in [-0.15, -0.1) is 0 Å². The van der Waals surface area contributed by atoms with Crippen molar-refractivity contribution < 1.29 is 4.79 Å². The molecule has 2 fully saturated rings. The fraction of sp³-hybridized carbons (Fsp3) is 0.765. The van der Waals surface area contributed by atoms with Gasteiger partial charge in [0, 0.05) is 51.2 Å². The second-order valence-electron chi connectivity index (χ2n) is 6.79. The molecule has 1 aromatic heterocycles. The molecule has 128 valence electrons. The van der Waals surface area contributed by atoms with Crippen LogP contribution in [0.25, 0.3) is 0 Å². The van der Waals surface area contributed by atoms with Gasteiger partial charge in [-0.1, -0.05) is 0 Å². The van der Waals surface area contributed by atoms with E-state index >= 15 is 0 Å². The van der Waals surface area contributed by atoms with Crippen LogP contribution >= 0.6 is 0 Å². The highest BCUT2D eigenvalue weighted by Gasteiger charge is 2.29. The lowest BCUT2D eigenvalue weighted by Gasteiger charge is -2.24. The number of nitrogens with zero attached hydrogens (tertiary/aromatic N) is 5. The highest BCUT2D eigenvalue weighted by molar-refractivity contribution is 5.78. The van der Waals surface area contributed by atoms with Gasteiger partial charge < -0.3 is 9.47 Å².